The Morgan fingerprint density at radius 1 is 0.727 bits per heavy atom. The number of hydrogen-bond acceptors (Lipinski definition) is 4. The van der Waals surface area contributed by atoms with E-state index in [4.69, 9.17) is 11.8 Å². The fourth-order valence-corrected chi connectivity index (χ4v) is 0.548. The van der Waals surface area contributed by atoms with Gasteiger partial charge in [0, 0.05) is 0 Å². The molecule has 0 saturated heterocycles. The van der Waals surface area contributed by atoms with Crippen molar-refractivity contribution in [2.24, 2.45) is 11.8 Å². The Morgan fingerprint density at radius 3 is 1.36 bits per heavy atom. The quantitative estimate of drug-likeness (QED) is 0.498. The van der Waals surface area contributed by atoms with Crippen LogP contribution in [0.2, 0.25) is 0 Å². The molecule has 4 N–H and O–H groups in total. The Bertz CT molecular complexity index is 53.7. The average Bonchev–Trinajstić information content (AvgIpc) is 1.89. The minimum absolute atomic E-state index is 0. The van der Waals surface area contributed by atoms with Crippen molar-refractivity contribution < 1.29 is 9.68 Å². The third kappa shape index (κ3) is 17.9. The standard InChI is InChI=1S/C5H14N2O2.2ClH/c6-8-4-2-1-3-5-9-7;;/h1-7H2;2*1H. The summed E-state index contributed by atoms with van der Waals surface area (Å²) in [6.45, 7) is 1.23. The summed E-state index contributed by atoms with van der Waals surface area (Å²) in [6, 6.07) is 0. The summed E-state index contributed by atoms with van der Waals surface area (Å²) in [5.41, 5.74) is 0. The van der Waals surface area contributed by atoms with Gasteiger partial charge < -0.3 is 9.68 Å². The van der Waals surface area contributed by atoms with Crippen LogP contribution in [0.3, 0.4) is 0 Å². The molecule has 0 spiro atoms. The van der Waals surface area contributed by atoms with Crippen molar-refractivity contribution in [3.05, 3.63) is 0 Å². The molecule has 0 aromatic rings. The van der Waals surface area contributed by atoms with Crippen molar-refractivity contribution in [3.8, 4) is 0 Å². The Labute approximate surface area is 79.3 Å². The van der Waals surface area contributed by atoms with Crippen molar-refractivity contribution in [2.75, 3.05) is 13.2 Å². The first-order valence-corrected chi connectivity index (χ1v) is 3.05. The fourth-order valence-electron chi connectivity index (χ4n) is 0.548. The molecule has 0 aliphatic rings. The van der Waals surface area contributed by atoms with Crippen LogP contribution < -0.4 is 11.8 Å². The third-order valence-corrected chi connectivity index (χ3v) is 1.02. The molecule has 0 atom stereocenters. The number of unbranched alkanes of at least 4 members (excludes halogenated alkanes) is 2. The molecule has 72 valence electrons. The van der Waals surface area contributed by atoms with Gasteiger partial charge in [0.05, 0.1) is 13.2 Å². The van der Waals surface area contributed by atoms with Gasteiger partial charge >= 0.3 is 0 Å². The molecule has 0 amide bonds. The highest BCUT2D eigenvalue weighted by Gasteiger charge is 1.86. The Morgan fingerprint density at radius 2 is 1.09 bits per heavy atom. The van der Waals surface area contributed by atoms with Crippen molar-refractivity contribution in [1.82, 2.24) is 0 Å². The fraction of sp³-hybridized carbons (Fsp3) is 1.00. The monoisotopic (exact) mass is 206 g/mol. The maximum absolute atomic E-state index is 4.79. The molecule has 0 aromatic heterocycles. The second-order valence-electron chi connectivity index (χ2n) is 1.80. The first-order chi connectivity index (χ1) is 4.41. The van der Waals surface area contributed by atoms with Gasteiger partial charge in [-0.15, -0.1) is 24.8 Å². The topological polar surface area (TPSA) is 70.5 Å². The lowest BCUT2D eigenvalue weighted by Gasteiger charge is -1.97. The van der Waals surface area contributed by atoms with Gasteiger partial charge in [0.15, 0.2) is 0 Å². The van der Waals surface area contributed by atoms with E-state index in [2.05, 4.69) is 9.68 Å². The normalized spacial score (nSPS) is 8.18. The maximum atomic E-state index is 4.79. The lowest BCUT2D eigenvalue weighted by molar-refractivity contribution is 0.117. The molecule has 0 fully saturated rings. The van der Waals surface area contributed by atoms with Crippen LogP contribution in [0.1, 0.15) is 19.3 Å². The zero-order chi connectivity index (χ0) is 6.95. The van der Waals surface area contributed by atoms with Gasteiger partial charge in [-0.25, -0.2) is 11.8 Å². The minimum atomic E-state index is 0. The van der Waals surface area contributed by atoms with E-state index in [0.29, 0.717) is 13.2 Å². The van der Waals surface area contributed by atoms with E-state index in [1.54, 1.807) is 0 Å². The average molecular weight is 207 g/mol. The van der Waals surface area contributed by atoms with Gasteiger partial charge in [-0.2, -0.15) is 0 Å². The molecule has 0 radical (unpaired) electrons. The summed E-state index contributed by atoms with van der Waals surface area (Å²) in [4.78, 5) is 8.70. The predicted molar refractivity (Wildman–Crippen MR) is 48.6 cm³/mol. The first kappa shape index (κ1) is 17.5. The summed E-state index contributed by atoms with van der Waals surface area (Å²) in [6.07, 6.45) is 2.99. The van der Waals surface area contributed by atoms with E-state index < -0.39 is 0 Å². The Kier molecular flexibility index (Phi) is 26.7. The molecule has 0 aliphatic heterocycles. The predicted octanol–water partition coefficient (Wildman–Crippen LogP) is 0.781. The van der Waals surface area contributed by atoms with Crippen molar-refractivity contribution in [1.29, 1.82) is 0 Å². The second kappa shape index (κ2) is 16.8. The summed E-state index contributed by atoms with van der Waals surface area (Å²) in [5.74, 6) is 9.57. The molecular weight excluding hydrogens is 191 g/mol. The molecule has 0 heterocycles. The number of halogens is 2. The molecule has 0 saturated carbocycles. The van der Waals surface area contributed by atoms with Gasteiger partial charge in [-0.05, 0) is 19.3 Å². The molecular formula is C5H16Cl2N2O2. The lowest BCUT2D eigenvalue weighted by Crippen LogP contribution is -2.03. The number of hydrogen-bond donors (Lipinski definition) is 2. The molecule has 0 aliphatic carbocycles. The summed E-state index contributed by atoms with van der Waals surface area (Å²) < 4.78 is 0. The molecule has 11 heavy (non-hydrogen) atoms. The molecule has 6 heteroatoms. The zero-order valence-corrected chi connectivity index (χ0v) is 7.96. The highest BCUT2D eigenvalue weighted by molar-refractivity contribution is 5.85. The van der Waals surface area contributed by atoms with Crippen LogP contribution in [-0.2, 0) is 9.68 Å². The van der Waals surface area contributed by atoms with Gasteiger partial charge in [0.2, 0.25) is 0 Å². The van der Waals surface area contributed by atoms with E-state index in [1.165, 1.54) is 0 Å². The van der Waals surface area contributed by atoms with Crippen LogP contribution in [0.25, 0.3) is 0 Å². The van der Waals surface area contributed by atoms with Crippen molar-refractivity contribution in [2.45, 2.75) is 19.3 Å². The van der Waals surface area contributed by atoms with Crippen LogP contribution in [0.15, 0.2) is 0 Å². The Hall–Kier alpha value is 0.420. The first-order valence-electron chi connectivity index (χ1n) is 3.05. The van der Waals surface area contributed by atoms with Crippen LogP contribution in [0.5, 0.6) is 0 Å². The van der Waals surface area contributed by atoms with Gasteiger partial charge in [-0.1, -0.05) is 0 Å². The molecule has 0 bridgehead atoms. The van der Waals surface area contributed by atoms with E-state index in [1.807, 2.05) is 0 Å². The van der Waals surface area contributed by atoms with Gasteiger partial charge in [0.25, 0.3) is 0 Å². The largest absolute Gasteiger partial charge is 0.305 e. The van der Waals surface area contributed by atoms with E-state index in [0.717, 1.165) is 19.3 Å². The van der Waals surface area contributed by atoms with Gasteiger partial charge in [-0.3, -0.25) is 0 Å². The van der Waals surface area contributed by atoms with E-state index in [-0.39, 0.29) is 24.8 Å². The lowest BCUT2D eigenvalue weighted by atomic mass is 10.2. The summed E-state index contributed by atoms with van der Waals surface area (Å²) in [5, 5.41) is 0. The number of nitrogens with two attached hydrogens (primary N) is 2. The third-order valence-electron chi connectivity index (χ3n) is 1.02. The molecule has 0 rings (SSSR count). The van der Waals surface area contributed by atoms with Crippen molar-refractivity contribution in [3.63, 3.8) is 0 Å². The summed E-state index contributed by atoms with van der Waals surface area (Å²) in [7, 11) is 0. The highest BCUT2D eigenvalue weighted by Crippen LogP contribution is 1.93. The molecule has 4 nitrogen and oxygen atoms in total. The second-order valence-corrected chi connectivity index (χ2v) is 1.80. The van der Waals surface area contributed by atoms with Crippen molar-refractivity contribution >= 4 is 24.8 Å². The van der Waals surface area contributed by atoms with Gasteiger partial charge in [0.1, 0.15) is 0 Å². The Balaban J connectivity index is -0.000000320. The summed E-state index contributed by atoms with van der Waals surface area (Å²) >= 11 is 0. The van der Waals surface area contributed by atoms with Crippen LogP contribution in [0.4, 0.5) is 0 Å². The highest BCUT2D eigenvalue weighted by atomic mass is 35.5. The smallest absolute Gasteiger partial charge is 0.0679 e. The van der Waals surface area contributed by atoms with E-state index >= 15 is 0 Å². The molecule has 0 unspecified atom stereocenters. The molecule has 0 aromatic carbocycles. The SMILES string of the molecule is Cl.Cl.NOCCCCCON. The van der Waals surface area contributed by atoms with Crippen LogP contribution >= 0.6 is 24.8 Å². The zero-order valence-electron chi connectivity index (χ0n) is 6.32. The maximum Gasteiger partial charge on any atom is 0.0679 e. The minimum Gasteiger partial charge on any atom is -0.305 e. The number of rotatable bonds is 6. The van der Waals surface area contributed by atoms with Crippen LogP contribution in [0, 0.1) is 0 Å². The van der Waals surface area contributed by atoms with E-state index in [9.17, 15) is 0 Å². The van der Waals surface area contributed by atoms with Crippen LogP contribution in [-0.4, -0.2) is 13.2 Å².